The number of nitrogens with two attached hydrogens (primary N) is 1. The number of aliphatic imine (C=N–C) groups is 1. The highest BCUT2D eigenvalue weighted by Crippen LogP contribution is 2.23. The average Bonchev–Trinajstić information content (AvgIpc) is 2.54. The number of amidine groups is 1. The summed E-state index contributed by atoms with van der Waals surface area (Å²) in [5, 5.41) is 11.5. The molecular formula is C16H26N4O. The number of ether oxygens (including phenoxy) is 1. The molecule has 0 spiro atoms. The Bertz CT molecular complexity index is 473. The first kappa shape index (κ1) is 15.9. The molecule has 116 valence electrons. The smallest absolute Gasteiger partial charge is 0.126 e. The third-order valence-corrected chi connectivity index (χ3v) is 4.08. The van der Waals surface area contributed by atoms with Gasteiger partial charge in [0.2, 0.25) is 0 Å². The summed E-state index contributed by atoms with van der Waals surface area (Å²) in [6.07, 6.45) is 7.62. The number of methoxy groups -OCH3 is 1. The van der Waals surface area contributed by atoms with Crippen molar-refractivity contribution in [2.45, 2.75) is 44.8 Å². The van der Waals surface area contributed by atoms with E-state index in [-0.39, 0.29) is 12.1 Å². The summed E-state index contributed by atoms with van der Waals surface area (Å²) < 4.78 is 5.41. The second kappa shape index (κ2) is 7.52. The second-order valence-electron chi connectivity index (χ2n) is 5.54. The van der Waals surface area contributed by atoms with Crippen LogP contribution in [0.4, 0.5) is 0 Å². The Morgan fingerprint density at radius 1 is 1.43 bits per heavy atom. The minimum absolute atomic E-state index is 0.0233. The van der Waals surface area contributed by atoms with Gasteiger partial charge in [-0.3, -0.25) is 4.99 Å². The summed E-state index contributed by atoms with van der Waals surface area (Å²) in [6, 6.07) is 0.284. The summed E-state index contributed by atoms with van der Waals surface area (Å²) in [4.78, 5) is 4.69. The van der Waals surface area contributed by atoms with Crippen LogP contribution in [0.2, 0.25) is 0 Å². The van der Waals surface area contributed by atoms with E-state index >= 15 is 0 Å². The Hall–Kier alpha value is -1.46. The van der Waals surface area contributed by atoms with E-state index in [4.69, 9.17) is 15.9 Å². The van der Waals surface area contributed by atoms with Gasteiger partial charge in [-0.1, -0.05) is 13.0 Å². The van der Waals surface area contributed by atoms with Gasteiger partial charge in [-0.05, 0) is 44.8 Å². The van der Waals surface area contributed by atoms with Crippen LogP contribution in [-0.2, 0) is 4.74 Å². The third-order valence-electron chi connectivity index (χ3n) is 4.08. The summed E-state index contributed by atoms with van der Waals surface area (Å²) in [6.45, 7) is 3.98. The number of hydrogen-bond donors (Lipinski definition) is 3. The second-order valence-corrected chi connectivity index (χ2v) is 5.54. The SMILES string of the molecule is CCC(=N)C1=CCC(OC)C=C1C(N)=NC1CCNCC1. The Balaban J connectivity index is 2.22. The van der Waals surface area contributed by atoms with Crippen LogP contribution in [0.1, 0.15) is 32.6 Å². The fourth-order valence-electron chi connectivity index (χ4n) is 2.75. The van der Waals surface area contributed by atoms with Crippen LogP contribution in [0.5, 0.6) is 0 Å². The van der Waals surface area contributed by atoms with Crippen LogP contribution >= 0.6 is 0 Å². The van der Waals surface area contributed by atoms with Crippen molar-refractivity contribution in [1.29, 1.82) is 5.41 Å². The van der Waals surface area contributed by atoms with E-state index in [1.165, 1.54) is 0 Å². The van der Waals surface area contributed by atoms with Gasteiger partial charge in [0.1, 0.15) is 5.84 Å². The average molecular weight is 290 g/mol. The first-order valence-corrected chi connectivity index (χ1v) is 7.73. The summed E-state index contributed by atoms with van der Waals surface area (Å²) in [5.41, 5.74) is 8.65. The zero-order chi connectivity index (χ0) is 15.2. The number of rotatable bonds is 5. The maximum absolute atomic E-state index is 8.13. The van der Waals surface area contributed by atoms with E-state index in [1.54, 1.807) is 7.11 Å². The normalized spacial score (nSPS) is 24.5. The summed E-state index contributed by atoms with van der Waals surface area (Å²) in [5.74, 6) is 0.549. The number of nitrogens with one attached hydrogen (secondary N) is 2. The maximum Gasteiger partial charge on any atom is 0.126 e. The summed E-state index contributed by atoms with van der Waals surface area (Å²) >= 11 is 0. The molecule has 1 aliphatic heterocycles. The molecule has 2 aliphatic rings. The first-order chi connectivity index (χ1) is 10.2. The highest BCUT2D eigenvalue weighted by atomic mass is 16.5. The molecule has 4 N–H and O–H groups in total. The van der Waals surface area contributed by atoms with E-state index in [1.807, 2.05) is 13.0 Å². The molecule has 1 heterocycles. The van der Waals surface area contributed by atoms with Gasteiger partial charge in [-0.15, -0.1) is 0 Å². The van der Waals surface area contributed by atoms with Gasteiger partial charge in [-0.25, -0.2) is 0 Å². The molecule has 0 aromatic rings. The molecule has 0 bridgehead atoms. The lowest BCUT2D eigenvalue weighted by molar-refractivity contribution is 0.142. The van der Waals surface area contributed by atoms with Crippen molar-refractivity contribution in [2.24, 2.45) is 10.7 Å². The lowest BCUT2D eigenvalue weighted by atomic mass is 9.90. The molecule has 1 unspecified atom stereocenters. The van der Waals surface area contributed by atoms with E-state index in [0.29, 0.717) is 18.0 Å². The van der Waals surface area contributed by atoms with Crippen LogP contribution < -0.4 is 11.1 Å². The van der Waals surface area contributed by atoms with Crippen LogP contribution in [0, 0.1) is 5.41 Å². The van der Waals surface area contributed by atoms with Crippen molar-refractivity contribution in [2.75, 3.05) is 20.2 Å². The Labute approximate surface area is 126 Å². The summed E-state index contributed by atoms with van der Waals surface area (Å²) in [7, 11) is 1.70. The zero-order valence-electron chi connectivity index (χ0n) is 13.0. The van der Waals surface area contributed by atoms with Gasteiger partial charge in [0.05, 0.1) is 12.1 Å². The zero-order valence-corrected chi connectivity index (χ0v) is 13.0. The fraction of sp³-hybridized carbons (Fsp3) is 0.625. The molecule has 0 radical (unpaired) electrons. The molecule has 1 saturated heterocycles. The molecule has 1 fully saturated rings. The van der Waals surface area contributed by atoms with Crippen molar-refractivity contribution in [3.63, 3.8) is 0 Å². The number of nitrogens with zero attached hydrogens (tertiary/aromatic N) is 1. The molecule has 21 heavy (non-hydrogen) atoms. The Kier molecular flexibility index (Phi) is 5.70. The third kappa shape index (κ3) is 4.02. The molecule has 5 nitrogen and oxygen atoms in total. The minimum atomic E-state index is 0.0233. The van der Waals surface area contributed by atoms with Crippen molar-refractivity contribution in [1.82, 2.24) is 5.32 Å². The van der Waals surface area contributed by atoms with E-state index in [0.717, 1.165) is 43.5 Å². The van der Waals surface area contributed by atoms with Crippen LogP contribution in [-0.4, -0.2) is 43.9 Å². The van der Waals surface area contributed by atoms with Crippen LogP contribution in [0.25, 0.3) is 0 Å². The molecule has 2 rings (SSSR count). The first-order valence-electron chi connectivity index (χ1n) is 7.73. The van der Waals surface area contributed by atoms with E-state index in [2.05, 4.69) is 16.4 Å². The predicted octanol–water partition coefficient (Wildman–Crippen LogP) is 1.80. The quantitative estimate of drug-likeness (QED) is 0.533. The van der Waals surface area contributed by atoms with Gasteiger partial charge >= 0.3 is 0 Å². The topological polar surface area (TPSA) is 83.5 Å². The highest BCUT2D eigenvalue weighted by Gasteiger charge is 2.21. The molecule has 5 heteroatoms. The molecule has 1 atom stereocenters. The van der Waals surface area contributed by atoms with E-state index in [9.17, 15) is 0 Å². The minimum Gasteiger partial charge on any atom is -0.383 e. The molecule has 0 saturated carbocycles. The van der Waals surface area contributed by atoms with Crippen LogP contribution in [0.15, 0.2) is 28.3 Å². The van der Waals surface area contributed by atoms with Crippen molar-refractivity contribution >= 4 is 11.5 Å². The molecule has 0 aromatic heterocycles. The van der Waals surface area contributed by atoms with E-state index < -0.39 is 0 Å². The van der Waals surface area contributed by atoms with Gasteiger partial charge < -0.3 is 21.2 Å². The van der Waals surface area contributed by atoms with Gasteiger partial charge in [0, 0.05) is 24.0 Å². The lowest BCUT2D eigenvalue weighted by Crippen LogP contribution is -2.32. The van der Waals surface area contributed by atoms with Gasteiger partial charge in [0.15, 0.2) is 0 Å². The molecular weight excluding hydrogens is 264 g/mol. The standard InChI is InChI=1S/C16H26N4O/c1-3-15(17)13-5-4-12(21-2)10-14(13)16(18)20-11-6-8-19-9-7-11/h5,10-12,17,19H,3-4,6-9H2,1-2H3,(H2,18,20). The van der Waals surface area contributed by atoms with Crippen molar-refractivity contribution < 1.29 is 4.74 Å². The predicted molar refractivity (Wildman–Crippen MR) is 87.1 cm³/mol. The van der Waals surface area contributed by atoms with Gasteiger partial charge in [0.25, 0.3) is 0 Å². The van der Waals surface area contributed by atoms with Crippen molar-refractivity contribution in [3.8, 4) is 0 Å². The van der Waals surface area contributed by atoms with Crippen LogP contribution in [0.3, 0.4) is 0 Å². The molecule has 0 amide bonds. The van der Waals surface area contributed by atoms with Gasteiger partial charge in [-0.2, -0.15) is 0 Å². The van der Waals surface area contributed by atoms with Crippen molar-refractivity contribution in [3.05, 3.63) is 23.3 Å². The molecule has 1 aliphatic carbocycles. The highest BCUT2D eigenvalue weighted by molar-refractivity contribution is 6.14. The maximum atomic E-state index is 8.13. The largest absolute Gasteiger partial charge is 0.383 e. The number of piperidine rings is 1. The molecule has 0 aromatic carbocycles. The lowest BCUT2D eigenvalue weighted by Gasteiger charge is -2.23. The number of hydrogen-bond acceptors (Lipinski definition) is 4. The monoisotopic (exact) mass is 290 g/mol. The Morgan fingerprint density at radius 3 is 2.76 bits per heavy atom. The Morgan fingerprint density at radius 2 is 2.14 bits per heavy atom. The fourth-order valence-corrected chi connectivity index (χ4v) is 2.75.